The summed E-state index contributed by atoms with van der Waals surface area (Å²) in [5.74, 6) is 0.677. The lowest BCUT2D eigenvalue weighted by atomic mass is 10.1. The molecule has 0 unspecified atom stereocenters. The van der Waals surface area contributed by atoms with E-state index in [1.807, 2.05) is 0 Å². The zero-order chi connectivity index (χ0) is 12.5. The summed E-state index contributed by atoms with van der Waals surface area (Å²) in [7, 11) is 0. The highest BCUT2D eigenvalue weighted by atomic mass is 32.1. The number of hydrogen-bond donors (Lipinski definition) is 1. The lowest BCUT2D eigenvalue weighted by Crippen LogP contribution is -2.20. The Labute approximate surface area is 110 Å². The van der Waals surface area contributed by atoms with Crippen molar-refractivity contribution in [3.63, 3.8) is 0 Å². The molecule has 0 saturated carbocycles. The predicted octanol–water partition coefficient (Wildman–Crippen LogP) is 1.63. The molecule has 0 radical (unpaired) electrons. The molecule has 5 heteroatoms. The number of nitrogens with zero attached hydrogens (tertiary/aromatic N) is 3. The van der Waals surface area contributed by atoms with Crippen LogP contribution >= 0.6 is 12.2 Å². The Balaban J connectivity index is 1.90. The number of nitrogens with two attached hydrogens (primary N) is 1. The van der Waals surface area contributed by atoms with Gasteiger partial charge in [0.15, 0.2) is 0 Å². The Morgan fingerprint density at radius 3 is 2.44 bits per heavy atom. The molecule has 0 aliphatic carbocycles. The molecule has 1 aromatic carbocycles. The van der Waals surface area contributed by atoms with Gasteiger partial charge in [0, 0.05) is 19.3 Å². The summed E-state index contributed by atoms with van der Waals surface area (Å²) in [4.78, 5) is 11.1. The average molecular weight is 256 g/mol. The number of benzene rings is 1. The topological polar surface area (TPSA) is 55.0 Å². The zero-order valence-electron chi connectivity index (χ0n) is 9.71. The zero-order valence-corrected chi connectivity index (χ0v) is 10.5. The van der Waals surface area contributed by atoms with Crippen molar-refractivity contribution in [2.75, 3.05) is 4.90 Å². The van der Waals surface area contributed by atoms with Crippen LogP contribution < -0.4 is 10.6 Å². The van der Waals surface area contributed by atoms with Crippen molar-refractivity contribution in [2.45, 2.75) is 13.1 Å². The van der Waals surface area contributed by atoms with Crippen molar-refractivity contribution in [1.29, 1.82) is 0 Å². The van der Waals surface area contributed by atoms with Crippen LogP contribution in [-0.2, 0) is 13.1 Å². The van der Waals surface area contributed by atoms with E-state index < -0.39 is 0 Å². The van der Waals surface area contributed by atoms with Crippen molar-refractivity contribution in [3.8, 4) is 0 Å². The second kappa shape index (κ2) is 4.34. The Morgan fingerprint density at radius 1 is 1.17 bits per heavy atom. The van der Waals surface area contributed by atoms with Crippen LogP contribution in [0.15, 0.2) is 36.5 Å². The van der Waals surface area contributed by atoms with Gasteiger partial charge in [0.05, 0.1) is 0 Å². The normalized spacial score (nSPS) is 13.4. The largest absolute Gasteiger partial charge is 0.388 e. The standard InChI is InChI=1S/C13H12N4S/c14-12(18)11-5-6-15-13(16-11)17-7-9-3-1-2-4-10(9)8-17/h1-6H,7-8H2,(H2,14,18). The first-order chi connectivity index (χ1) is 8.74. The van der Waals surface area contributed by atoms with Crippen LogP contribution in [0, 0.1) is 0 Å². The highest BCUT2D eigenvalue weighted by Crippen LogP contribution is 2.25. The molecule has 0 fully saturated rings. The van der Waals surface area contributed by atoms with E-state index in [9.17, 15) is 0 Å². The van der Waals surface area contributed by atoms with E-state index in [2.05, 4.69) is 39.1 Å². The molecule has 90 valence electrons. The van der Waals surface area contributed by atoms with Crippen LogP contribution in [0.25, 0.3) is 0 Å². The molecule has 0 saturated heterocycles. The van der Waals surface area contributed by atoms with E-state index in [0.717, 1.165) is 13.1 Å². The van der Waals surface area contributed by atoms with Crippen molar-refractivity contribution < 1.29 is 0 Å². The van der Waals surface area contributed by atoms with Crippen LogP contribution in [0.2, 0.25) is 0 Å². The maximum atomic E-state index is 5.59. The number of fused-ring (bicyclic) bond motifs is 1. The highest BCUT2D eigenvalue weighted by molar-refractivity contribution is 7.80. The third-order valence-corrected chi connectivity index (χ3v) is 3.23. The summed E-state index contributed by atoms with van der Waals surface area (Å²) in [6.45, 7) is 1.66. The molecule has 2 N–H and O–H groups in total. The minimum atomic E-state index is 0.301. The van der Waals surface area contributed by atoms with Crippen LogP contribution in [0.4, 0.5) is 5.95 Å². The molecule has 3 rings (SSSR count). The van der Waals surface area contributed by atoms with Gasteiger partial charge in [-0.1, -0.05) is 36.5 Å². The van der Waals surface area contributed by atoms with Crippen molar-refractivity contribution in [3.05, 3.63) is 53.3 Å². The van der Waals surface area contributed by atoms with E-state index in [0.29, 0.717) is 16.6 Å². The number of aromatic nitrogens is 2. The Hall–Kier alpha value is -2.01. The monoisotopic (exact) mass is 256 g/mol. The fourth-order valence-electron chi connectivity index (χ4n) is 2.11. The average Bonchev–Trinajstić information content (AvgIpc) is 2.82. The predicted molar refractivity (Wildman–Crippen MR) is 74.2 cm³/mol. The van der Waals surface area contributed by atoms with Crippen LogP contribution in [0.5, 0.6) is 0 Å². The SMILES string of the molecule is NC(=S)c1ccnc(N2Cc3ccccc3C2)n1. The fraction of sp³-hybridized carbons (Fsp3) is 0.154. The first-order valence-corrected chi connectivity index (χ1v) is 6.09. The van der Waals surface area contributed by atoms with Gasteiger partial charge in [-0.25, -0.2) is 9.97 Å². The molecule has 1 aliphatic heterocycles. The Bertz CT molecular complexity index is 586. The van der Waals surface area contributed by atoms with Gasteiger partial charge in [0.1, 0.15) is 10.7 Å². The number of anilines is 1. The Morgan fingerprint density at radius 2 is 1.83 bits per heavy atom. The molecule has 18 heavy (non-hydrogen) atoms. The van der Waals surface area contributed by atoms with Crippen molar-refractivity contribution in [1.82, 2.24) is 9.97 Å². The highest BCUT2D eigenvalue weighted by Gasteiger charge is 2.20. The molecule has 4 nitrogen and oxygen atoms in total. The van der Waals surface area contributed by atoms with Crippen LogP contribution in [0.1, 0.15) is 16.8 Å². The quantitative estimate of drug-likeness (QED) is 0.828. The molecule has 0 bridgehead atoms. The van der Waals surface area contributed by atoms with Gasteiger partial charge in [-0.05, 0) is 17.2 Å². The molecule has 0 spiro atoms. The lowest BCUT2D eigenvalue weighted by molar-refractivity contribution is 0.827. The van der Waals surface area contributed by atoms with Gasteiger partial charge in [0.2, 0.25) is 5.95 Å². The summed E-state index contributed by atoms with van der Waals surface area (Å²) >= 11 is 4.93. The molecule has 2 aromatic rings. The third-order valence-electron chi connectivity index (χ3n) is 3.02. The van der Waals surface area contributed by atoms with Gasteiger partial charge in [-0.3, -0.25) is 0 Å². The first kappa shape index (κ1) is 11.1. The van der Waals surface area contributed by atoms with Crippen LogP contribution in [0.3, 0.4) is 0 Å². The van der Waals surface area contributed by atoms with Crippen LogP contribution in [-0.4, -0.2) is 15.0 Å². The number of thiocarbonyl (C=S) groups is 1. The maximum absolute atomic E-state index is 5.59. The fourth-order valence-corrected chi connectivity index (χ4v) is 2.23. The van der Waals surface area contributed by atoms with Gasteiger partial charge >= 0.3 is 0 Å². The summed E-state index contributed by atoms with van der Waals surface area (Å²) in [5, 5.41) is 0. The van der Waals surface area contributed by atoms with E-state index in [4.69, 9.17) is 18.0 Å². The van der Waals surface area contributed by atoms with E-state index in [1.165, 1.54) is 11.1 Å². The molecule has 0 amide bonds. The molecule has 1 aromatic heterocycles. The van der Waals surface area contributed by atoms with Gasteiger partial charge in [-0.15, -0.1) is 0 Å². The minimum Gasteiger partial charge on any atom is -0.388 e. The Kier molecular flexibility index (Phi) is 2.68. The first-order valence-electron chi connectivity index (χ1n) is 5.68. The number of hydrogen-bond acceptors (Lipinski definition) is 4. The van der Waals surface area contributed by atoms with Gasteiger partial charge in [-0.2, -0.15) is 0 Å². The summed E-state index contributed by atoms with van der Waals surface area (Å²) in [5.41, 5.74) is 8.85. The second-order valence-electron chi connectivity index (χ2n) is 4.23. The molecule has 2 heterocycles. The van der Waals surface area contributed by atoms with E-state index in [-0.39, 0.29) is 0 Å². The van der Waals surface area contributed by atoms with Crippen molar-refractivity contribution in [2.24, 2.45) is 5.73 Å². The molecule has 0 atom stereocenters. The summed E-state index contributed by atoms with van der Waals surface area (Å²) < 4.78 is 0. The summed E-state index contributed by atoms with van der Waals surface area (Å²) in [6.07, 6.45) is 1.69. The molecule has 1 aliphatic rings. The smallest absolute Gasteiger partial charge is 0.226 e. The van der Waals surface area contributed by atoms with E-state index >= 15 is 0 Å². The van der Waals surface area contributed by atoms with E-state index in [1.54, 1.807) is 12.3 Å². The second-order valence-corrected chi connectivity index (χ2v) is 4.67. The maximum Gasteiger partial charge on any atom is 0.226 e. The van der Waals surface area contributed by atoms with Gasteiger partial charge in [0.25, 0.3) is 0 Å². The third kappa shape index (κ3) is 1.93. The van der Waals surface area contributed by atoms with Gasteiger partial charge < -0.3 is 10.6 Å². The molecular formula is C13H12N4S. The molecular weight excluding hydrogens is 244 g/mol. The minimum absolute atomic E-state index is 0.301. The summed E-state index contributed by atoms with van der Waals surface area (Å²) in [6, 6.07) is 10.1. The van der Waals surface area contributed by atoms with Crippen molar-refractivity contribution >= 4 is 23.2 Å². The lowest BCUT2D eigenvalue weighted by Gasteiger charge is -2.15. The number of rotatable bonds is 2.